The molecule has 1 aliphatic rings. The molecule has 3 N–H and O–H groups in total. The molecule has 0 aromatic heterocycles. The smallest absolute Gasteiger partial charge is 0.254 e. The van der Waals surface area contributed by atoms with Gasteiger partial charge in [0.15, 0.2) is 0 Å². The lowest BCUT2D eigenvalue weighted by Gasteiger charge is -2.04. The molecule has 4 nitrogen and oxygen atoms in total. The van der Waals surface area contributed by atoms with Crippen molar-refractivity contribution < 1.29 is 9.53 Å². The van der Waals surface area contributed by atoms with Gasteiger partial charge in [0.2, 0.25) is 0 Å². The molecule has 1 aromatic carbocycles. The lowest BCUT2D eigenvalue weighted by molar-refractivity contribution is -0.117. The fourth-order valence-corrected chi connectivity index (χ4v) is 1.56. The van der Waals surface area contributed by atoms with E-state index >= 15 is 0 Å². The number of anilines is 1. The molecule has 4 heteroatoms. The van der Waals surface area contributed by atoms with Gasteiger partial charge in [0.05, 0.1) is 0 Å². The Morgan fingerprint density at radius 3 is 2.73 bits per heavy atom. The fourth-order valence-electron chi connectivity index (χ4n) is 1.56. The van der Waals surface area contributed by atoms with E-state index in [4.69, 9.17) is 10.5 Å². The maximum absolute atomic E-state index is 11.6. The van der Waals surface area contributed by atoms with Crippen LogP contribution in [0.3, 0.4) is 0 Å². The van der Waals surface area contributed by atoms with Crippen LogP contribution in [0.4, 0.5) is 5.69 Å². The predicted molar refractivity (Wildman–Crippen MR) is 57.8 cm³/mol. The highest BCUT2D eigenvalue weighted by Gasteiger charge is 2.24. The van der Waals surface area contributed by atoms with Crippen molar-refractivity contribution in [3.8, 4) is 0 Å². The molecule has 0 bridgehead atoms. The molecular weight excluding hydrogens is 192 g/mol. The first-order chi connectivity index (χ1) is 7.22. The number of nitrogen functional groups attached to an aromatic ring is 1. The van der Waals surface area contributed by atoms with Crippen molar-refractivity contribution in [1.82, 2.24) is 5.32 Å². The fraction of sp³-hybridized carbons (Fsp3) is 0.182. The maximum Gasteiger partial charge on any atom is 0.254 e. The van der Waals surface area contributed by atoms with Crippen LogP contribution in [0.5, 0.6) is 0 Å². The Morgan fingerprint density at radius 1 is 1.40 bits per heavy atom. The molecule has 1 aliphatic heterocycles. The summed E-state index contributed by atoms with van der Waals surface area (Å²) in [4.78, 5) is 11.6. The number of para-hydroxylation sites is 1. The molecule has 1 atom stereocenters. The van der Waals surface area contributed by atoms with Gasteiger partial charge in [0.25, 0.3) is 5.91 Å². The van der Waals surface area contributed by atoms with Crippen LogP contribution in [0.1, 0.15) is 5.56 Å². The number of carbonyl (C=O) groups excluding carboxylic acids is 1. The zero-order valence-corrected chi connectivity index (χ0v) is 8.36. The van der Waals surface area contributed by atoms with Crippen LogP contribution in [0.25, 0.3) is 5.57 Å². The Morgan fingerprint density at radius 2 is 2.13 bits per heavy atom. The van der Waals surface area contributed by atoms with Crippen LogP contribution in [-0.4, -0.2) is 19.2 Å². The highest BCUT2D eigenvalue weighted by molar-refractivity contribution is 6.22. The molecule has 78 valence electrons. The molecule has 0 radical (unpaired) electrons. The van der Waals surface area contributed by atoms with Crippen molar-refractivity contribution in [3.63, 3.8) is 0 Å². The third kappa shape index (κ3) is 1.71. The van der Waals surface area contributed by atoms with Gasteiger partial charge in [-0.1, -0.05) is 18.2 Å². The Kier molecular flexibility index (Phi) is 2.43. The van der Waals surface area contributed by atoms with E-state index in [9.17, 15) is 4.79 Å². The number of amides is 1. The van der Waals surface area contributed by atoms with Crippen LogP contribution < -0.4 is 11.1 Å². The number of ether oxygens (including phenoxy) is 1. The number of carbonyl (C=O) groups is 1. The van der Waals surface area contributed by atoms with Gasteiger partial charge in [-0.25, -0.2) is 0 Å². The molecule has 0 saturated carbocycles. The van der Waals surface area contributed by atoms with Gasteiger partial charge >= 0.3 is 0 Å². The normalized spacial score (nSPS) is 19.9. The second-order valence-electron chi connectivity index (χ2n) is 3.30. The lowest BCUT2D eigenvalue weighted by Crippen LogP contribution is -2.28. The van der Waals surface area contributed by atoms with Crippen LogP contribution in [-0.2, 0) is 9.53 Å². The van der Waals surface area contributed by atoms with Crippen LogP contribution >= 0.6 is 0 Å². The number of hydrogen-bond acceptors (Lipinski definition) is 3. The number of rotatable bonds is 2. The summed E-state index contributed by atoms with van der Waals surface area (Å²) in [5.41, 5.74) is 7.70. The molecule has 15 heavy (non-hydrogen) atoms. The summed E-state index contributed by atoms with van der Waals surface area (Å²) in [5, 5.41) is 2.67. The standard InChI is InChI=1S/C11H12N2O2/c1-15-10-6-8(11(14)13-10)7-4-2-3-5-9(7)12/h2-6,10H,12H2,1H3,(H,13,14)/t10-/m0/s1. The van der Waals surface area contributed by atoms with E-state index in [0.29, 0.717) is 11.3 Å². The van der Waals surface area contributed by atoms with Crippen molar-refractivity contribution in [2.45, 2.75) is 6.23 Å². The maximum atomic E-state index is 11.6. The second kappa shape index (κ2) is 3.74. The molecule has 0 unspecified atom stereocenters. The molecular formula is C11H12N2O2. The summed E-state index contributed by atoms with van der Waals surface area (Å²) in [7, 11) is 1.54. The third-order valence-corrected chi connectivity index (χ3v) is 2.34. The molecule has 1 amide bonds. The van der Waals surface area contributed by atoms with Crippen LogP contribution in [0.15, 0.2) is 30.3 Å². The Bertz CT molecular complexity index is 426. The minimum atomic E-state index is -0.355. The molecule has 2 rings (SSSR count). The van der Waals surface area contributed by atoms with E-state index < -0.39 is 0 Å². The second-order valence-corrected chi connectivity index (χ2v) is 3.30. The molecule has 0 saturated heterocycles. The summed E-state index contributed by atoms with van der Waals surface area (Å²) in [5.74, 6) is -0.153. The first-order valence-corrected chi connectivity index (χ1v) is 4.62. The number of nitrogens with one attached hydrogen (secondary N) is 1. The van der Waals surface area contributed by atoms with E-state index in [0.717, 1.165) is 5.56 Å². The molecule has 0 spiro atoms. The Balaban J connectivity index is 2.40. The van der Waals surface area contributed by atoms with E-state index in [2.05, 4.69) is 5.32 Å². The van der Waals surface area contributed by atoms with Gasteiger partial charge in [0.1, 0.15) is 6.23 Å². The zero-order chi connectivity index (χ0) is 10.8. The van der Waals surface area contributed by atoms with E-state index in [-0.39, 0.29) is 12.1 Å². The summed E-state index contributed by atoms with van der Waals surface area (Å²) < 4.78 is 5.02. The van der Waals surface area contributed by atoms with Crippen LogP contribution in [0.2, 0.25) is 0 Å². The highest BCUT2D eigenvalue weighted by atomic mass is 16.5. The monoisotopic (exact) mass is 204 g/mol. The molecule has 0 fully saturated rings. The number of hydrogen-bond donors (Lipinski definition) is 2. The Hall–Kier alpha value is -1.81. The highest BCUT2D eigenvalue weighted by Crippen LogP contribution is 2.24. The van der Waals surface area contributed by atoms with Crippen molar-refractivity contribution in [2.75, 3.05) is 12.8 Å². The summed E-state index contributed by atoms with van der Waals surface area (Å²) in [6.45, 7) is 0. The van der Waals surface area contributed by atoms with Gasteiger partial charge in [-0.05, 0) is 12.1 Å². The third-order valence-electron chi connectivity index (χ3n) is 2.34. The molecule has 0 aliphatic carbocycles. The van der Waals surface area contributed by atoms with E-state index in [1.165, 1.54) is 0 Å². The van der Waals surface area contributed by atoms with Gasteiger partial charge in [0, 0.05) is 23.9 Å². The quantitative estimate of drug-likeness (QED) is 0.699. The first kappa shape index (κ1) is 9.73. The predicted octanol–water partition coefficient (Wildman–Crippen LogP) is 0.755. The first-order valence-electron chi connectivity index (χ1n) is 4.62. The minimum Gasteiger partial charge on any atom is -0.398 e. The number of nitrogens with two attached hydrogens (primary N) is 1. The summed E-state index contributed by atoms with van der Waals surface area (Å²) >= 11 is 0. The minimum absolute atomic E-state index is 0.153. The van der Waals surface area contributed by atoms with Gasteiger partial charge in [-0.3, -0.25) is 4.79 Å². The van der Waals surface area contributed by atoms with Gasteiger partial charge < -0.3 is 15.8 Å². The zero-order valence-electron chi connectivity index (χ0n) is 8.36. The number of benzene rings is 1. The van der Waals surface area contributed by atoms with Crippen molar-refractivity contribution in [1.29, 1.82) is 0 Å². The lowest BCUT2D eigenvalue weighted by atomic mass is 10.0. The van der Waals surface area contributed by atoms with Crippen molar-refractivity contribution >= 4 is 17.2 Å². The summed E-state index contributed by atoms with van der Waals surface area (Å²) in [6.07, 6.45) is 1.38. The largest absolute Gasteiger partial charge is 0.398 e. The van der Waals surface area contributed by atoms with Gasteiger partial charge in [-0.15, -0.1) is 0 Å². The van der Waals surface area contributed by atoms with E-state index in [1.807, 2.05) is 18.2 Å². The Labute approximate surface area is 87.7 Å². The number of methoxy groups -OCH3 is 1. The summed E-state index contributed by atoms with van der Waals surface area (Å²) in [6, 6.07) is 7.27. The molecule has 1 heterocycles. The van der Waals surface area contributed by atoms with Gasteiger partial charge in [-0.2, -0.15) is 0 Å². The average molecular weight is 204 g/mol. The van der Waals surface area contributed by atoms with Crippen molar-refractivity contribution in [2.24, 2.45) is 0 Å². The topological polar surface area (TPSA) is 64.3 Å². The van der Waals surface area contributed by atoms with E-state index in [1.54, 1.807) is 19.3 Å². The SMILES string of the molecule is CO[C@H]1C=C(c2ccccc2N)C(=O)N1. The molecule has 1 aromatic rings. The van der Waals surface area contributed by atoms with Crippen molar-refractivity contribution in [3.05, 3.63) is 35.9 Å². The van der Waals surface area contributed by atoms with Crippen LogP contribution in [0, 0.1) is 0 Å². The average Bonchev–Trinajstić information content (AvgIpc) is 2.60.